The second kappa shape index (κ2) is 7.69. The lowest BCUT2D eigenvalue weighted by Gasteiger charge is -2.15. The van der Waals surface area contributed by atoms with Crippen molar-refractivity contribution in [3.63, 3.8) is 0 Å². The first-order valence-electron chi connectivity index (χ1n) is 9.50. The number of primary sulfonamides is 1. The summed E-state index contributed by atoms with van der Waals surface area (Å²) < 4.78 is 43.0. The summed E-state index contributed by atoms with van der Waals surface area (Å²) >= 11 is 0. The van der Waals surface area contributed by atoms with Crippen LogP contribution in [0.2, 0.25) is 0 Å². The van der Waals surface area contributed by atoms with Crippen LogP contribution in [0.4, 0.5) is 10.1 Å². The van der Waals surface area contributed by atoms with Gasteiger partial charge in [0.1, 0.15) is 6.61 Å². The lowest BCUT2D eigenvalue weighted by molar-refractivity contribution is 0.280. The molecule has 2 aromatic heterocycles. The highest BCUT2D eigenvalue weighted by molar-refractivity contribution is 7.89. The molecule has 3 aromatic rings. The molecule has 0 spiro atoms. The number of sulfonamides is 1. The second-order valence-electron chi connectivity index (χ2n) is 7.29. The summed E-state index contributed by atoms with van der Waals surface area (Å²) in [6.45, 7) is 2.28. The van der Waals surface area contributed by atoms with E-state index < -0.39 is 20.9 Å². The fraction of sp³-hybridized carbons (Fsp3) is 0.300. The number of halogens is 1. The molecule has 10 heteroatoms. The zero-order valence-corrected chi connectivity index (χ0v) is 17.2. The van der Waals surface area contributed by atoms with Crippen molar-refractivity contribution in [1.29, 1.82) is 0 Å². The third kappa shape index (κ3) is 3.88. The number of hydrogen-bond donors (Lipinski definition) is 2. The zero-order chi connectivity index (χ0) is 21.5. The number of anilines is 1. The van der Waals surface area contributed by atoms with Crippen LogP contribution in [-0.4, -0.2) is 29.8 Å². The van der Waals surface area contributed by atoms with Gasteiger partial charge in [0, 0.05) is 23.5 Å². The molecule has 0 bridgehead atoms. The molecule has 0 radical (unpaired) electrons. The van der Waals surface area contributed by atoms with Gasteiger partial charge in [-0.1, -0.05) is 6.07 Å². The van der Waals surface area contributed by atoms with Gasteiger partial charge in [0.25, 0.3) is 10.0 Å². The number of pyridine rings is 1. The van der Waals surface area contributed by atoms with Gasteiger partial charge in [-0.05, 0) is 54.5 Å². The molecule has 1 aliphatic carbocycles. The predicted octanol–water partition coefficient (Wildman–Crippen LogP) is 2.19. The van der Waals surface area contributed by atoms with E-state index in [9.17, 15) is 12.8 Å². The van der Waals surface area contributed by atoms with Gasteiger partial charge in [-0.2, -0.15) is 5.10 Å². The van der Waals surface area contributed by atoms with Crippen molar-refractivity contribution in [3.8, 4) is 17.0 Å². The van der Waals surface area contributed by atoms with Crippen LogP contribution >= 0.6 is 0 Å². The number of nitrogens with two attached hydrogens (primary N) is 2. The summed E-state index contributed by atoms with van der Waals surface area (Å²) in [5, 5.41) is 7.78. The Morgan fingerprint density at radius 3 is 2.83 bits per heavy atom. The van der Waals surface area contributed by atoms with Crippen LogP contribution in [0, 0.1) is 12.7 Å². The number of ether oxygens (including phenoxy) is 1. The topological polar surface area (TPSA) is 126 Å². The molecule has 0 atom stereocenters. The molecule has 0 amide bonds. The Balaban J connectivity index is 1.50. The Bertz CT molecular complexity index is 1220. The maximum atomic E-state index is 13.7. The third-order valence-electron chi connectivity index (χ3n) is 5.19. The van der Waals surface area contributed by atoms with Crippen molar-refractivity contribution < 1.29 is 17.5 Å². The van der Waals surface area contributed by atoms with E-state index in [1.807, 2.05) is 13.0 Å². The maximum absolute atomic E-state index is 13.7. The number of aromatic nitrogens is 3. The average Bonchev–Trinajstić information content (AvgIpc) is 3.28. The molecule has 4 N–H and O–H groups in total. The van der Waals surface area contributed by atoms with E-state index in [0.29, 0.717) is 5.88 Å². The van der Waals surface area contributed by atoms with Crippen molar-refractivity contribution in [3.05, 3.63) is 53.1 Å². The summed E-state index contributed by atoms with van der Waals surface area (Å²) in [4.78, 5) is 4.21. The van der Waals surface area contributed by atoms with Crippen molar-refractivity contribution >= 4 is 15.7 Å². The van der Waals surface area contributed by atoms with Crippen LogP contribution in [0.3, 0.4) is 0 Å². The SMILES string of the molecule is Cc1cc2c(c(N)c1-c1ccnc(OCCn3cc(F)c(S(N)(=O)=O)n3)c1)CCC2. The van der Waals surface area contributed by atoms with Gasteiger partial charge in [0.2, 0.25) is 10.9 Å². The molecule has 0 saturated carbocycles. The van der Waals surface area contributed by atoms with E-state index in [1.54, 1.807) is 12.3 Å². The number of aryl methyl sites for hydroxylation is 2. The van der Waals surface area contributed by atoms with Crippen LogP contribution < -0.4 is 15.6 Å². The standard InChI is InChI=1S/C20H22FN5O3S/c1-12-9-13-3-2-4-15(13)19(22)18(12)14-5-6-24-17(10-14)29-8-7-26-11-16(21)20(25-26)30(23,27)28/h5-6,9-11H,2-4,7-8,22H2,1H3,(H2,23,27,28). The molecule has 8 nitrogen and oxygen atoms in total. The predicted molar refractivity (Wildman–Crippen MR) is 110 cm³/mol. The van der Waals surface area contributed by atoms with E-state index in [-0.39, 0.29) is 13.2 Å². The van der Waals surface area contributed by atoms with Gasteiger partial charge in [0.05, 0.1) is 12.7 Å². The largest absolute Gasteiger partial charge is 0.476 e. The fourth-order valence-corrected chi connectivity index (χ4v) is 4.43. The summed E-state index contributed by atoms with van der Waals surface area (Å²) in [5.41, 5.74) is 12.8. The Hall–Kier alpha value is -2.98. The number of nitrogen functional groups attached to an aromatic ring is 1. The van der Waals surface area contributed by atoms with E-state index in [0.717, 1.165) is 52.5 Å². The highest BCUT2D eigenvalue weighted by Crippen LogP contribution is 2.38. The van der Waals surface area contributed by atoms with Gasteiger partial charge in [-0.3, -0.25) is 4.68 Å². The molecule has 0 aliphatic heterocycles. The van der Waals surface area contributed by atoms with Gasteiger partial charge < -0.3 is 10.5 Å². The third-order valence-corrected chi connectivity index (χ3v) is 6.00. The number of benzene rings is 1. The van der Waals surface area contributed by atoms with Crippen LogP contribution in [0.25, 0.3) is 11.1 Å². The Labute approximate surface area is 173 Å². The highest BCUT2D eigenvalue weighted by atomic mass is 32.2. The minimum atomic E-state index is -4.21. The van der Waals surface area contributed by atoms with Crippen molar-refractivity contribution in [2.24, 2.45) is 5.14 Å². The smallest absolute Gasteiger partial charge is 0.260 e. The Kier molecular flexibility index (Phi) is 5.20. The van der Waals surface area contributed by atoms with Crippen LogP contribution in [-0.2, 0) is 29.4 Å². The minimum Gasteiger partial charge on any atom is -0.476 e. The molecule has 2 heterocycles. The van der Waals surface area contributed by atoms with Gasteiger partial charge in [-0.15, -0.1) is 0 Å². The summed E-state index contributed by atoms with van der Waals surface area (Å²) in [5.74, 6) is -0.619. The molecule has 30 heavy (non-hydrogen) atoms. The average molecular weight is 431 g/mol. The summed E-state index contributed by atoms with van der Waals surface area (Å²) in [6, 6.07) is 5.89. The highest BCUT2D eigenvalue weighted by Gasteiger charge is 2.20. The molecule has 0 saturated heterocycles. The molecule has 1 aliphatic rings. The number of fused-ring (bicyclic) bond motifs is 1. The number of nitrogens with zero attached hydrogens (tertiary/aromatic N) is 3. The number of hydrogen-bond acceptors (Lipinski definition) is 6. The van der Waals surface area contributed by atoms with Crippen LogP contribution in [0.1, 0.15) is 23.1 Å². The van der Waals surface area contributed by atoms with E-state index in [2.05, 4.69) is 16.1 Å². The lowest BCUT2D eigenvalue weighted by atomic mass is 9.93. The second-order valence-corrected chi connectivity index (χ2v) is 8.77. The molecular weight excluding hydrogens is 409 g/mol. The Morgan fingerprint density at radius 1 is 1.30 bits per heavy atom. The Morgan fingerprint density at radius 2 is 2.10 bits per heavy atom. The van der Waals surface area contributed by atoms with Crippen molar-refractivity contribution in [1.82, 2.24) is 14.8 Å². The summed E-state index contributed by atoms with van der Waals surface area (Å²) in [7, 11) is -4.21. The molecule has 1 aromatic carbocycles. The van der Waals surface area contributed by atoms with E-state index in [1.165, 1.54) is 11.1 Å². The first-order valence-corrected chi connectivity index (χ1v) is 11.0. The van der Waals surface area contributed by atoms with E-state index in [4.69, 9.17) is 15.6 Å². The van der Waals surface area contributed by atoms with Gasteiger partial charge >= 0.3 is 0 Å². The quantitative estimate of drug-likeness (QED) is 0.576. The van der Waals surface area contributed by atoms with Crippen LogP contribution in [0.5, 0.6) is 5.88 Å². The van der Waals surface area contributed by atoms with Crippen molar-refractivity contribution in [2.45, 2.75) is 37.8 Å². The van der Waals surface area contributed by atoms with Gasteiger partial charge in [-0.25, -0.2) is 22.9 Å². The normalized spacial score (nSPS) is 13.4. The fourth-order valence-electron chi connectivity index (χ4n) is 3.89. The molecular formula is C20H22FN5O3S. The molecule has 0 fully saturated rings. The van der Waals surface area contributed by atoms with Crippen molar-refractivity contribution in [2.75, 3.05) is 12.3 Å². The van der Waals surface area contributed by atoms with Crippen LogP contribution in [0.15, 0.2) is 35.6 Å². The molecule has 4 rings (SSSR count). The van der Waals surface area contributed by atoms with Gasteiger partial charge in [0.15, 0.2) is 5.82 Å². The lowest BCUT2D eigenvalue weighted by Crippen LogP contribution is -2.15. The molecule has 158 valence electrons. The molecule has 0 unspecified atom stereocenters. The summed E-state index contributed by atoms with van der Waals surface area (Å²) in [6.07, 6.45) is 5.77. The first kappa shape index (κ1) is 20.3. The number of rotatable bonds is 6. The first-order chi connectivity index (χ1) is 14.2. The minimum absolute atomic E-state index is 0.111. The maximum Gasteiger partial charge on any atom is 0.260 e. The monoisotopic (exact) mass is 431 g/mol. The van der Waals surface area contributed by atoms with E-state index >= 15 is 0 Å². The zero-order valence-electron chi connectivity index (χ0n) is 16.4.